The Morgan fingerprint density at radius 1 is 1.24 bits per heavy atom. The van der Waals surface area contributed by atoms with Crippen LogP contribution in [0.15, 0.2) is 26.0 Å². The van der Waals surface area contributed by atoms with Crippen molar-refractivity contribution < 1.29 is 13.5 Å². The molecule has 1 aliphatic heterocycles. The summed E-state index contributed by atoms with van der Waals surface area (Å²) in [6.07, 6.45) is 1.66. The Morgan fingerprint density at radius 3 is 2.38 bits per heavy atom. The van der Waals surface area contributed by atoms with Gasteiger partial charge in [-0.3, -0.25) is 0 Å². The third-order valence-corrected chi connectivity index (χ3v) is 7.42. The molecule has 8 heteroatoms. The van der Waals surface area contributed by atoms with E-state index in [-0.39, 0.29) is 4.90 Å². The molecule has 1 aromatic carbocycles. The molecule has 0 amide bonds. The number of hydrogen-bond acceptors (Lipinski definition) is 4. The number of hydrogen-bond donors (Lipinski definition) is 2. The maximum Gasteiger partial charge on any atom is 0.245 e. The van der Waals surface area contributed by atoms with Gasteiger partial charge in [-0.1, -0.05) is 0 Å². The van der Waals surface area contributed by atoms with Crippen LogP contribution in [0.1, 0.15) is 26.2 Å². The summed E-state index contributed by atoms with van der Waals surface area (Å²) in [5.74, 6) is 0. The van der Waals surface area contributed by atoms with E-state index in [9.17, 15) is 13.5 Å². The Morgan fingerprint density at radius 2 is 1.81 bits per heavy atom. The molecule has 2 rings (SSSR count). The smallest absolute Gasteiger partial charge is 0.245 e. The maximum atomic E-state index is 12.8. The fraction of sp³-hybridized carbons (Fsp3) is 0.538. The molecule has 0 saturated carbocycles. The molecule has 0 spiro atoms. The average molecular weight is 442 g/mol. The number of rotatable bonds is 2. The molecule has 5 nitrogen and oxygen atoms in total. The van der Waals surface area contributed by atoms with Gasteiger partial charge in [0.2, 0.25) is 10.0 Å². The van der Waals surface area contributed by atoms with Crippen molar-refractivity contribution in [1.29, 1.82) is 0 Å². The molecule has 0 bridgehead atoms. The number of sulfonamides is 1. The predicted molar refractivity (Wildman–Crippen MR) is 89.5 cm³/mol. The molecule has 3 N–H and O–H groups in total. The Hall–Kier alpha value is -0.150. The third-order valence-electron chi connectivity index (χ3n) is 3.64. The summed E-state index contributed by atoms with van der Waals surface area (Å²) in [7, 11) is -3.64. The number of anilines is 1. The van der Waals surface area contributed by atoms with E-state index < -0.39 is 15.6 Å². The van der Waals surface area contributed by atoms with Gasteiger partial charge < -0.3 is 10.8 Å². The highest BCUT2D eigenvalue weighted by Crippen LogP contribution is 2.35. The Labute approximate surface area is 141 Å². The van der Waals surface area contributed by atoms with Crippen molar-refractivity contribution in [2.24, 2.45) is 0 Å². The van der Waals surface area contributed by atoms with E-state index in [4.69, 9.17) is 5.73 Å². The molecule has 1 atom stereocenters. The van der Waals surface area contributed by atoms with Gasteiger partial charge in [0.25, 0.3) is 0 Å². The Bertz CT molecular complexity index is 624. The molecule has 1 saturated heterocycles. The highest BCUT2D eigenvalue weighted by atomic mass is 79.9. The maximum absolute atomic E-state index is 12.8. The average Bonchev–Trinajstić information content (AvgIpc) is 2.48. The lowest BCUT2D eigenvalue weighted by atomic mass is 9.98. The first kappa shape index (κ1) is 17.2. The number of halogens is 2. The summed E-state index contributed by atoms with van der Waals surface area (Å²) in [6.45, 7) is 2.46. The highest BCUT2D eigenvalue weighted by molar-refractivity contribution is 9.11. The minimum Gasteiger partial charge on any atom is -0.399 e. The molecule has 1 fully saturated rings. The molecule has 0 aliphatic carbocycles. The van der Waals surface area contributed by atoms with Gasteiger partial charge in [-0.05, 0) is 70.2 Å². The summed E-state index contributed by atoms with van der Waals surface area (Å²) >= 11 is 6.55. The van der Waals surface area contributed by atoms with Crippen molar-refractivity contribution in [1.82, 2.24) is 4.31 Å². The van der Waals surface area contributed by atoms with Crippen LogP contribution in [-0.2, 0) is 10.0 Å². The number of aliphatic hydroxyl groups is 1. The Balaban J connectivity index is 2.39. The molecule has 21 heavy (non-hydrogen) atoms. The molecule has 118 valence electrons. The SMILES string of the molecule is CC1(O)CCCN(S(=O)(=O)c2c(Br)cc(N)cc2Br)CC1. The van der Waals surface area contributed by atoms with Gasteiger partial charge in [0, 0.05) is 27.7 Å². The predicted octanol–water partition coefficient (Wildman–Crippen LogP) is 2.72. The second kappa shape index (κ2) is 6.16. The van der Waals surface area contributed by atoms with E-state index in [1.165, 1.54) is 4.31 Å². The van der Waals surface area contributed by atoms with E-state index in [1.807, 2.05) is 0 Å². The van der Waals surface area contributed by atoms with Crippen LogP contribution >= 0.6 is 31.9 Å². The standard InChI is InChI=1S/C13H18Br2N2O3S/c1-13(18)3-2-5-17(6-4-13)21(19,20)12-10(14)7-9(16)8-11(12)15/h7-8,18H,2-6,16H2,1H3. The quantitative estimate of drug-likeness (QED) is 0.691. The summed E-state index contributed by atoms with van der Waals surface area (Å²) in [6, 6.07) is 3.15. The van der Waals surface area contributed by atoms with E-state index in [2.05, 4.69) is 31.9 Å². The second-order valence-corrected chi connectivity index (χ2v) is 9.15. The van der Waals surface area contributed by atoms with Crippen molar-refractivity contribution in [2.75, 3.05) is 18.8 Å². The molecule has 1 heterocycles. The highest BCUT2D eigenvalue weighted by Gasteiger charge is 2.33. The van der Waals surface area contributed by atoms with Crippen LogP contribution < -0.4 is 5.73 Å². The summed E-state index contributed by atoms with van der Waals surface area (Å²) < 4.78 is 28.0. The monoisotopic (exact) mass is 440 g/mol. The normalized spacial score (nSPS) is 24.8. The zero-order valence-electron chi connectivity index (χ0n) is 11.6. The number of benzene rings is 1. The van der Waals surface area contributed by atoms with Crippen LogP contribution in [0.4, 0.5) is 5.69 Å². The van der Waals surface area contributed by atoms with Crippen LogP contribution in [0.5, 0.6) is 0 Å². The summed E-state index contributed by atoms with van der Waals surface area (Å²) in [5.41, 5.74) is 5.38. The first-order valence-electron chi connectivity index (χ1n) is 6.60. The van der Waals surface area contributed by atoms with Crippen molar-refractivity contribution in [3.8, 4) is 0 Å². The van der Waals surface area contributed by atoms with Gasteiger partial charge in [-0.2, -0.15) is 4.31 Å². The molecule has 1 aliphatic rings. The fourth-order valence-corrected chi connectivity index (χ4v) is 6.45. The van der Waals surface area contributed by atoms with Crippen molar-refractivity contribution in [3.05, 3.63) is 21.1 Å². The summed E-state index contributed by atoms with van der Waals surface area (Å²) in [5, 5.41) is 10.1. The zero-order chi connectivity index (χ0) is 15.8. The Kier molecular flexibility index (Phi) is 5.04. The molecular formula is C13H18Br2N2O3S. The van der Waals surface area contributed by atoms with E-state index in [1.54, 1.807) is 19.1 Å². The largest absolute Gasteiger partial charge is 0.399 e. The van der Waals surface area contributed by atoms with E-state index >= 15 is 0 Å². The number of nitrogens with two attached hydrogens (primary N) is 1. The topological polar surface area (TPSA) is 83.6 Å². The lowest BCUT2D eigenvalue weighted by molar-refractivity contribution is 0.0465. The lowest BCUT2D eigenvalue weighted by Crippen LogP contribution is -2.34. The minimum atomic E-state index is -3.64. The third kappa shape index (κ3) is 3.79. The second-order valence-electron chi connectivity index (χ2n) is 5.57. The van der Waals surface area contributed by atoms with Gasteiger partial charge in [0.05, 0.1) is 5.60 Å². The molecule has 0 radical (unpaired) electrons. The first-order valence-corrected chi connectivity index (χ1v) is 9.63. The van der Waals surface area contributed by atoms with Crippen LogP contribution in [0.3, 0.4) is 0 Å². The fourth-order valence-electron chi connectivity index (χ4n) is 2.43. The van der Waals surface area contributed by atoms with Gasteiger partial charge in [-0.15, -0.1) is 0 Å². The van der Waals surface area contributed by atoms with Gasteiger partial charge in [0.15, 0.2) is 0 Å². The number of nitrogens with zero attached hydrogens (tertiary/aromatic N) is 1. The van der Waals surface area contributed by atoms with E-state index in [0.717, 1.165) is 0 Å². The zero-order valence-corrected chi connectivity index (χ0v) is 15.6. The van der Waals surface area contributed by atoms with Gasteiger partial charge >= 0.3 is 0 Å². The number of nitrogen functional groups attached to an aromatic ring is 1. The van der Waals surface area contributed by atoms with Gasteiger partial charge in [0.1, 0.15) is 4.90 Å². The van der Waals surface area contributed by atoms with Crippen LogP contribution in [0.25, 0.3) is 0 Å². The molecular weight excluding hydrogens is 424 g/mol. The lowest BCUT2D eigenvalue weighted by Gasteiger charge is -2.23. The molecule has 0 aromatic heterocycles. The van der Waals surface area contributed by atoms with Crippen molar-refractivity contribution >= 4 is 47.6 Å². The molecule has 1 aromatic rings. The van der Waals surface area contributed by atoms with Crippen molar-refractivity contribution in [2.45, 2.75) is 36.7 Å². The summed E-state index contributed by atoms with van der Waals surface area (Å²) in [4.78, 5) is 0.179. The molecule has 1 unspecified atom stereocenters. The van der Waals surface area contributed by atoms with Crippen LogP contribution in [-0.4, -0.2) is 36.5 Å². The van der Waals surface area contributed by atoms with Crippen LogP contribution in [0.2, 0.25) is 0 Å². The minimum absolute atomic E-state index is 0.179. The van der Waals surface area contributed by atoms with Crippen LogP contribution in [0, 0.1) is 0 Å². The van der Waals surface area contributed by atoms with Crippen molar-refractivity contribution in [3.63, 3.8) is 0 Å². The van der Waals surface area contributed by atoms with E-state index in [0.29, 0.717) is 47.0 Å². The van der Waals surface area contributed by atoms with Gasteiger partial charge in [-0.25, -0.2) is 8.42 Å². The first-order chi connectivity index (χ1) is 9.63.